The Hall–Kier alpha value is -2.69. The normalized spacial score (nSPS) is 15.6. The van der Waals surface area contributed by atoms with Crippen LogP contribution in [0.15, 0.2) is 42.5 Å². The van der Waals surface area contributed by atoms with Crippen LogP contribution in [0.5, 0.6) is 11.5 Å². The fourth-order valence-electron chi connectivity index (χ4n) is 3.16. The third kappa shape index (κ3) is 4.10. The van der Waals surface area contributed by atoms with Gasteiger partial charge in [-0.25, -0.2) is 0 Å². The minimum Gasteiger partial charge on any atom is -0.493 e. The van der Waals surface area contributed by atoms with Crippen molar-refractivity contribution >= 4 is 11.6 Å². The van der Waals surface area contributed by atoms with Crippen molar-refractivity contribution in [1.82, 2.24) is 5.32 Å². The summed E-state index contributed by atoms with van der Waals surface area (Å²) in [6, 6.07) is 14.2. The molecule has 1 aliphatic heterocycles. The Morgan fingerprint density at radius 1 is 1.23 bits per heavy atom. The van der Waals surface area contributed by atoms with Gasteiger partial charge < -0.3 is 19.7 Å². The van der Waals surface area contributed by atoms with E-state index in [1.807, 2.05) is 32.3 Å². The maximum atomic E-state index is 12.5. The second-order valence-electron chi connectivity index (χ2n) is 6.76. The summed E-state index contributed by atoms with van der Waals surface area (Å²) in [6.07, 6.45) is 1.49. The molecule has 0 unspecified atom stereocenters. The molecule has 138 valence electrons. The Labute approximate surface area is 154 Å². The number of nitrogens with one attached hydrogen (secondary N) is 1. The number of benzene rings is 2. The zero-order chi connectivity index (χ0) is 18.5. The van der Waals surface area contributed by atoms with Gasteiger partial charge in [0.2, 0.25) is 5.91 Å². The lowest BCUT2D eigenvalue weighted by Crippen LogP contribution is -2.38. The maximum absolute atomic E-state index is 12.5. The van der Waals surface area contributed by atoms with E-state index >= 15 is 0 Å². The first kappa shape index (κ1) is 18.1. The number of carbonyl (C=O) groups excluding carboxylic acids is 1. The molecule has 26 heavy (non-hydrogen) atoms. The Morgan fingerprint density at radius 3 is 2.69 bits per heavy atom. The predicted octanol–water partition coefficient (Wildman–Crippen LogP) is 2.67. The zero-order valence-electron chi connectivity index (χ0n) is 15.6. The number of hydrogen-bond donors (Lipinski definition) is 1. The summed E-state index contributed by atoms with van der Waals surface area (Å²) in [4.78, 5) is 14.5. The molecular weight excluding hydrogens is 328 g/mol. The highest BCUT2D eigenvalue weighted by atomic mass is 16.5. The van der Waals surface area contributed by atoms with Crippen LogP contribution in [0.3, 0.4) is 0 Å². The smallest absolute Gasteiger partial charge is 0.226 e. The van der Waals surface area contributed by atoms with E-state index in [-0.39, 0.29) is 11.8 Å². The largest absolute Gasteiger partial charge is 0.493 e. The maximum Gasteiger partial charge on any atom is 0.226 e. The number of nitrogens with zero attached hydrogens (tertiary/aromatic N) is 1. The third-order valence-electron chi connectivity index (χ3n) is 4.71. The summed E-state index contributed by atoms with van der Waals surface area (Å²) < 4.78 is 11.1. The standard InChI is InChI=1S/C21H26N2O3/c1-23(2)18-9-7-15(8-10-18)11-12-22-21(24)17-13-16-5-4-6-19(25-3)20(16)26-14-17/h4-10,17H,11-14H2,1-3H3,(H,22,24)/t17-/m1/s1. The number of amides is 1. The molecule has 5 heteroatoms. The highest BCUT2D eigenvalue weighted by Gasteiger charge is 2.27. The summed E-state index contributed by atoms with van der Waals surface area (Å²) in [7, 11) is 5.67. The van der Waals surface area contributed by atoms with Crippen LogP contribution in [-0.4, -0.2) is 40.3 Å². The van der Waals surface area contributed by atoms with Crippen molar-refractivity contribution in [3.8, 4) is 11.5 Å². The van der Waals surface area contributed by atoms with Gasteiger partial charge in [-0.3, -0.25) is 4.79 Å². The molecular formula is C21H26N2O3. The van der Waals surface area contributed by atoms with Crippen molar-refractivity contribution in [2.75, 3.05) is 39.3 Å². The number of ether oxygens (including phenoxy) is 2. The molecule has 0 saturated heterocycles. The van der Waals surface area contributed by atoms with E-state index in [0.717, 1.165) is 23.5 Å². The Bertz CT molecular complexity index is 756. The number of anilines is 1. The molecule has 2 aromatic carbocycles. The van der Waals surface area contributed by atoms with Crippen molar-refractivity contribution in [2.24, 2.45) is 5.92 Å². The van der Waals surface area contributed by atoms with Crippen LogP contribution in [0.4, 0.5) is 5.69 Å². The highest BCUT2D eigenvalue weighted by molar-refractivity contribution is 5.79. The van der Waals surface area contributed by atoms with Crippen LogP contribution in [0.25, 0.3) is 0 Å². The van der Waals surface area contributed by atoms with Crippen LogP contribution in [-0.2, 0) is 17.6 Å². The molecule has 0 bridgehead atoms. The molecule has 1 heterocycles. The molecule has 0 radical (unpaired) electrons. The molecule has 5 nitrogen and oxygen atoms in total. The number of fused-ring (bicyclic) bond motifs is 1. The van der Waals surface area contributed by atoms with Gasteiger partial charge >= 0.3 is 0 Å². The van der Waals surface area contributed by atoms with Gasteiger partial charge in [0.15, 0.2) is 11.5 Å². The quantitative estimate of drug-likeness (QED) is 0.867. The summed E-state index contributed by atoms with van der Waals surface area (Å²) in [5, 5.41) is 3.04. The van der Waals surface area contributed by atoms with Crippen LogP contribution in [0.2, 0.25) is 0 Å². The van der Waals surface area contributed by atoms with Crippen LogP contribution >= 0.6 is 0 Å². The Morgan fingerprint density at radius 2 is 2.00 bits per heavy atom. The average molecular weight is 354 g/mol. The summed E-state index contributed by atoms with van der Waals surface area (Å²) >= 11 is 0. The van der Waals surface area contributed by atoms with Gasteiger partial charge in [-0.2, -0.15) is 0 Å². The molecule has 1 N–H and O–H groups in total. The van der Waals surface area contributed by atoms with E-state index in [2.05, 4.69) is 34.5 Å². The number of para-hydroxylation sites is 1. The first-order valence-corrected chi connectivity index (χ1v) is 8.91. The van der Waals surface area contributed by atoms with E-state index in [9.17, 15) is 4.79 Å². The molecule has 1 atom stereocenters. The number of carbonyl (C=O) groups is 1. The van der Waals surface area contributed by atoms with Crippen molar-refractivity contribution in [2.45, 2.75) is 12.8 Å². The van der Waals surface area contributed by atoms with Gasteiger partial charge in [0.1, 0.15) is 6.61 Å². The average Bonchev–Trinajstić information content (AvgIpc) is 2.67. The molecule has 0 aromatic heterocycles. The Balaban J connectivity index is 1.51. The topological polar surface area (TPSA) is 50.8 Å². The van der Waals surface area contributed by atoms with Crippen molar-refractivity contribution in [3.05, 3.63) is 53.6 Å². The van der Waals surface area contributed by atoms with Gasteiger partial charge in [0.25, 0.3) is 0 Å². The van der Waals surface area contributed by atoms with E-state index in [1.54, 1.807) is 7.11 Å². The minimum absolute atomic E-state index is 0.0448. The molecule has 0 fully saturated rings. The molecule has 3 rings (SSSR count). The molecule has 0 spiro atoms. The van der Waals surface area contributed by atoms with E-state index in [0.29, 0.717) is 19.6 Å². The monoisotopic (exact) mass is 354 g/mol. The third-order valence-corrected chi connectivity index (χ3v) is 4.71. The van der Waals surface area contributed by atoms with Gasteiger partial charge in [-0.15, -0.1) is 0 Å². The number of hydrogen-bond acceptors (Lipinski definition) is 4. The lowest BCUT2D eigenvalue weighted by molar-refractivity contribution is -0.126. The van der Waals surface area contributed by atoms with E-state index in [4.69, 9.17) is 9.47 Å². The van der Waals surface area contributed by atoms with Gasteiger partial charge in [-0.05, 0) is 42.2 Å². The van der Waals surface area contributed by atoms with Crippen molar-refractivity contribution < 1.29 is 14.3 Å². The van der Waals surface area contributed by atoms with Crippen molar-refractivity contribution in [1.29, 1.82) is 0 Å². The Kier molecular flexibility index (Phi) is 5.66. The second-order valence-corrected chi connectivity index (χ2v) is 6.76. The summed E-state index contributed by atoms with van der Waals surface area (Å²) in [5.74, 6) is 1.37. The first-order valence-electron chi connectivity index (χ1n) is 8.91. The molecule has 0 aliphatic carbocycles. The van der Waals surface area contributed by atoms with E-state index in [1.165, 1.54) is 11.3 Å². The summed E-state index contributed by atoms with van der Waals surface area (Å²) in [6.45, 7) is 1.01. The SMILES string of the molecule is COc1cccc2c1OC[C@H](C(=O)NCCc1ccc(N(C)C)cc1)C2. The fraction of sp³-hybridized carbons (Fsp3) is 0.381. The lowest BCUT2D eigenvalue weighted by atomic mass is 9.95. The van der Waals surface area contributed by atoms with Gasteiger partial charge in [-0.1, -0.05) is 24.3 Å². The first-order chi connectivity index (χ1) is 12.6. The van der Waals surface area contributed by atoms with Gasteiger partial charge in [0.05, 0.1) is 13.0 Å². The fourth-order valence-corrected chi connectivity index (χ4v) is 3.16. The number of rotatable bonds is 6. The predicted molar refractivity (Wildman–Crippen MR) is 103 cm³/mol. The molecule has 0 saturated carbocycles. The zero-order valence-corrected chi connectivity index (χ0v) is 15.6. The number of methoxy groups -OCH3 is 1. The molecule has 1 aliphatic rings. The lowest BCUT2D eigenvalue weighted by Gasteiger charge is -2.25. The van der Waals surface area contributed by atoms with Crippen LogP contribution < -0.4 is 19.7 Å². The summed E-state index contributed by atoms with van der Waals surface area (Å²) in [5.41, 5.74) is 3.41. The molecule has 1 amide bonds. The van der Waals surface area contributed by atoms with Crippen LogP contribution in [0, 0.1) is 5.92 Å². The van der Waals surface area contributed by atoms with Crippen LogP contribution in [0.1, 0.15) is 11.1 Å². The minimum atomic E-state index is -0.161. The van der Waals surface area contributed by atoms with Gasteiger partial charge in [0, 0.05) is 26.3 Å². The second kappa shape index (κ2) is 8.13. The van der Waals surface area contributed by atoms with Crippen molar-refractivity contribution in [3.63, 3.8) is 0 Å². The van der Waals surface area contributed by atoms with E-state index < -0.39 is 0 Å². The molecule has 2 aromatic rings. The highest BCUT2D eigenvalue weighted by Crippen LogP contribution is 2.35.